The summed E-state index contributed by atoms with van der Waals surface area (Å²) in [7, 11) is 0. The Hall–Kier alpha value is -2.34. The molecule has 0 unspecified atom stereocenters. The monoisotopic (exact) mass is 378 g/mol. The molecule has 0 radical (unpaired) electrons. The molecule has 2 rings (SSSR count). The molecule has 1 aromatic carbocycles. The number of carboxylic acids is 1. The number of aromatic nitrogens is 1. The molecule has 1 amide bonds. The van der Waals surface area contributed by atoms with Crippen LogP contribution in [0, 0.1) is 0 Å². The van der Waals surface area contributed by atoms with Crippen molar-refractivity contribution in [2.75, 3.05) is 0 Å². The molecule has 1 aromatic heterocycles. The maximum atomic E-state index is 12.3. The van der Waals surface area contributed by atoms with E-state index in [0.717, 1.165) is 5.56 Å². The number of amides is 1. The highest BCUT2D eigenvalue weighted by molar-refractivity contribution is 6.30. The van der Waals surface area contributed by atoms with Crippen LogP contribution in [0.4, 0.5) is 0 Å². The maximum Gasteiger partial charge on any atom is 0.305 e. The molecule has 0 aliphatic rings. The highest BCUT2D eigenvalue weighted by Crippen LogP contribution is 2.23. The van der Waals surface area contributed by atoms with Crippen molar-refractivity contribution < 1.29 is 19.1 Å². The predicted molar refractivity (Wildman–Crippen MR) is 99.0 cm³/mol. The summed E-state index contributed by atoms with van der Waals surface area (Å²) < 4.78 is 5.68. The van der Waals surface area contributed by atoms with Crippen LogP contribution in [0.3, 0.4) is 0 Å². The van der Waals surface area contributed by atoms with Crippen LogP contribution in [0.5, 0.6) is 0 Å². The Morgan fingerprint density at radius 3 is 2.46 bits per heavy atom. The smallest absolute Gasteiger partial charge is 0.305 e. The fourth-order valence-corrected chi connectivity index (χ4v) is 2.89. The molecule has 140 valence electrons. The van der Waals surface area contributed by atoms with E-state index in [4.69, 9.17) is 21.1 Å². The van der Waals surface area contributed by atoms with Gasteiger partial charge in [-0.2, -0.15) is 0 Å². The second kappa shape index (κ2) is 8.85. The lowest BCUT2D eigenvalue weighted by Gasteiger charge is -2.31. The SMILES string of the molecule is CCC(CC)(CC(=O)O)NC(=O)CCc1ncc(-c2ccc(Cl)cc2)o1. The van der Waals surface area contributed by atoms with Crippen molar-refractivity contribution in [1.29, 1.82) is 0 Å². The van der Waals surface area contributed by atoms with Gasteiger partial charge in [0, 0.05) is 29.0 Å². The predicted octanol–water partition coefficient (Wildman–Crippen LogP) is 4.08. The quantitative estimate of drug-likeness (QED) is 0.685. The highest BCUT2D eigenvalue weighted by Gasteiger charge is 2.30. The Bertz CT molecular complexity index is 751. The number of hydrogen-bond donors (Lipinski definition) is 2. The number of nitrogens with zero attached hydrogens (tertiary/aromatic N) is 1. The van der Waals surface area contributed by atoms with Crippen LogP contribution in [0.15, 0.2) is 34.9 Å². The fourth-order valence-electron chi connectivity index (χ4n) is 2.76. The third-order valence-corrected chi connectivity index (χ3v) is 4.75. The average molecular weight is 379 g/mol. The van der Waals surface area contributed by atoms with Gasteiger partial charge in [-0.1, -0.05) is 25.4 Å². The van der Waals surface area contributed by atoms with Gasteiger partial charge < -0.3 is 14.8 Å². The molecule has 0 aliphatic carbocycles. The number of aryl methyl sites for hydroxylation is 1. The lowest BCUT2D eigenvalue weighted by molar-refractivity contribution is -0.139. The Labute approximate surface area is 157 Å². The van der Waals surface area contributed by atoms with Gasteiger partial charge in [0.1, 0.15) is 0 Å². The zero-order chi connectivity index (χ0) is 19.2. The molecule has 0 bridgehead atoms. The molecule has 0 spiro atoms. The van der Waals surface area contributed by atoms with Crippen molar-refractivity contribution in [3.8, 4) is 11.3 Å². The highest BCUT2D eigenvalue weighted by atomic mass is 35.5. The number of nitrogens with one attached hydrogen (secondary N) is 1. The Morgan fingerprint density at radius 1 is 1.23 bits per heavy atom. The van der Waals surface area contributed by atoms with E-state index in [0.29, 0.717) is 35.9 Å². The van der Waals surface area contributed by atoms with Crippen molar-refractivity contribution >= 4 is 23.5 Å². The van der Waals surface area contributed by atoms with Crippen LogP contribution < -0.4 is 5.32 Å². The number of carbonyl (C=O) groups excluding carboxylic acids is 1. The average Bonchev–Trinajstić information content (AvgIpc) is 3.08. The van der Waals surface area contributed by atoms with Crippen LogP contribution in [0.1, 0.15) is 45.4 Å². The first-order chi connectivity index (χ1) is 12.4. The number of rotatable bonds is 9. The van der Waals surface area contributed by atoms with Gasteiger partial charge >= 0.3 is 5.97 Å². The van der Waals surface area contributed by atoms with E-state index in [9.17, 15) is 9.59 Å². The van der Waals surface area contributed by atoms with E-state index in [-0.39, 0.29) is 18.7 Å². The zero-order valence-corrected chi connectivity index (χ0v) is 15.7. The van der Waals surface area contributed by atoms with Gasteiger partial charge in [-0.15, -0.1) is 0 Å². The normalized spacial score (nSPS) is 11.3. The molecule has 0 aliphatic heterocycles. The Morgan fingerprint density at radius 2 is 1.88 bits per heavy atom. The third-order valence-electron chi connectivity index (χ3n) is 4.50. The van der Waals surface area contributed by atoms with Crippen LogP contribution >= 0.6 is 11.6 Å². The fraction of sp³-hybridized carbons (Fsp3) is 0.421. The Kier molecular flexibility index (Phi) is 6.80. The van der Waals surface area contributed by atoms with Crippen molar-refractivity contribution in [1.82, 2.24) is 10.3 Å². The minimum atomic E-state index is -0.922. The number of aliphatic carboxylic acids is 1. The van der Waals surface area contributed by atoms with Crippen molar-refractivity contribution in [3.63, 3.8) is 0 Å². The third kappa shape index (κ3) is 5.33. The molecule has 7 heteroatoms. The lowest BCUT2D eigenvalue weighted by atomic mass is 9.88. The number of benzene rings is 1. The van der Waals surface area contributed by atoms with Gasteiger partial charge in [-0.3, -0.25) is 9.59 Å². The second-order valence-electron chi connectivity index (χ2n) is 6.23. The van der Waals surface area contributed by atoms with Crippen LogP contribution in [-0.4, -0.2) is 27.5 Å². The number of carboxylic acid groups (broad SMARTS) is 1. The van der Waals surface area contributed by atoms with Gasteiger partial charge in [0.25, 0.3) is 0 Å². The first-order valence-electron chi connectivity index (χ1n) is 8.61. The minimum Gasteiger partial charge on any atom is -0.481 e. The number of halogens is 1. The molecule has 0 fully saturated rings. The van der Waals surface area contributed by atoms with E-state index in [2.05, 4.69) is 10.3 Å². The maximum absolute atomic E-state index is 12.3. The van der Waals surface area contributed by atoms with E-state index in [1.54, 1.807) is 18.3 Å². The molecular formula is C19H23ClN2O4. The molecule has 2 N–H and O–H groups in total. The van der Waals surface area contributed by atoms with E-state index in [1.807, 2.05) is 26.0 Å². The van der Waals surface area contributed by atoms with Crippen LogP contribution in [-0.2, 0) is 16.0 Å². The van der Waals surface area contributed by atoms with Gasteiger partial charge in [0.2, 0.25) is 5.91 Å². The summed E-state index contributed by atoms with van der Waals surface area (Å²) in [6, 6.07) is 7.21. The van der Waals surface area contributed by atoms with E-state index in [1.165, 1.54) is 0 Å². The van der Waals surface area contributed by atoms with Crippen molar-refractivity contribution in [3.05, 3.63) is 41.4 Å². The molecular weight excluding hydrogens is 356 g/mol. The molecule has 0 saturated carbocycles. The van der Waals surface area contributed by atoms with Crippen LogP contribution in [0.2, 0.25) is 5.02 Å². The van der Waals surface area contributed by atoms with Gasteiger partial charge in [0.05, 0.1) is 12.6 Å². The second-order valence-corrected chi connectivity index (χ2v) is 6.67. The molecule has 2 aromatic rings. The Balaban J connectivity index is 1.95. The summed E-state index contributed by atoms with van der Waals surface area (Å²) in [4.78, 5) is 27.5. The number of hydrogen-bond acceptors (Lipinski definition) is 4. The van der Waals surface area contributed by atoms with Gasteiger partial charge in [-0.25, -0.2) is 4.98 Å². The number of carbonyl (C=O) groups is 2. The zero-order valence-electron chi connectivity index (χ0n) is 14.9. The van der Waals surface area contributed by atoms with Crippen molar-refractivity contribution in [2.24, 2.45) is 0 Å². The summed E-state index contributed by atoms with van der Waals surface area (Å²) in [5, 5.41) is 12.6. The molecule has 0 saturated heterocycles. The summed E-state index contributed by atoms with van der Waals surface area (Å²) in [6.45, 7) is 3.75. The summed E-state index contributed by atoms with van der Waals surface area (Å²) in [6.07, 6.45) is 3.16. The van der Waals surface area contributed by atoms with Crippen molar-refractivity contribution in [2.45, 2.75) is 51.5 Å². The molecule has 26 heavy (non-hydrogen) atoms. The van der Waals surface area contributed by atoms with Gasteiger partial charge in [0.15, 0.2) is 11.7 Å². The summed E-state index contributed by atoms with van der Waals surface area (Å²) in [5.41, 5.74) is 0.142. The minimum absolute atomic E-state index is 0.0918. The summed E-state index contributed by atoms with van der Waals surface area (Å²) in [5.74, 6) is -0.0585. The lowest BCUT2D eigenvalue weighted by Crippen LogP contribution is -2.49. The largest absolute Gasteiger partial charge is 0.481 e. The van der Waals surface area contributed by atoms with Gasteiger partial charge in [-0.05, 0) is 37.1 Å². The topological polar surface area (TPSA) is 92.4 Å². The first-order valence-corrected chi connectivity index (χ1v) is 8.98. The molecule has 6 nitrogen and oxygen atoms in total. The summed E-state index contributed by atoms with van der Waals surface area (Å²) >= 11 is 5.87. The number of oxazole rings is 1. The molecule has 0 atom stereocenters. The first kappa shape index (κ1) is 20.0. The van der Waals surface area contributed by atoms with E-state index < -0.39 is 11.5 Å². The molecule has 1 heterocycles. The standard InChI is InChI=1S/C19H23ClN2O4/c1-3-19(4-2,11-18(24)25)22-16(23)9-10-17-21-12-15(26-17)13-5-7-14(20)8-6-13/h5-8,12H,3-4,9-11H2,1-2H3,(H,22,23)(H,24,25). The van der Waals surface area contributed by atoms with E-state index >= 15 is 0 Å². The van der Waals surface area contributed by atoms with Crippen LogP contribution in [0.25, 0.3) is 11.3 Å².